The molecule has 0 bridgehead atoms. The van der Waals surface area contributed by atoms with Crippen molar-refractivity contribution in [2.24, 2.45) is 0 Å². The SMILES string of the molecule is Cc1nsc(NCCC(=O)N2CCN(c3ccccn3)CC2)n1. The van der Waals surface area contributed by atoms with E-state index in [-0.39, 0.29) is 5.91 Å². The number of aryl methyl sites for hydroxylation is 1. The highest BCUT2D eigenvalue weighted by Crippen LogP contribution is 2.13. The maximum atomic E-state index is 12.3. The van der Waals surface area contributed by atoms with Gasteiger partial charge in [-0.1, -0.05) is 6.07 Å². The van der Waals surface area contributed by atoms with Crippen LogP contribution in [-0.4, -0.2) is 57.9 Å². The summed E-state index contributed by atoms with van der Waals surface area (Å²) in [5, 5.41) is 3.92. The summed E-state index contributed by atoms with van der Waals surface area (Å²) in [7, 11) is 0. The highest BCUT2D eigenvalue weighted by molar-refractivity contribution is 7.09. The van der Waals surface area contributed by atoms with E-state index in [1.807, 2.05) is 30.0 Å². The van der Waals surface area contributed by atoms with Gasteiger partial charge in [0.05, 0.1) is 0 Å². The van der Waals surface area contributed by atoms with Crippen molar-refractivity contribution in [3.8, 4) is 0 Å². The average molecular weight is 332 g/mol. The monoisotopic (exact) mass is 332 g/mol. The molecule has 2 aromatic heterocycles. The van der Waals surface area contributed by atoms with Crippen molar-refractivity contribution >= 4 is 28.4 Å². The van der Waals surface area contributed by atoms with Gasteiger partial charge in [-0.05, 0) is 19.1 Å². The topological polar surface area (TPSA) is 74.2 Å². The number of rotatable bonds is 5. The Morgan fingerprint density at radius 1 is 1.30 bits per heavy atom. The molecule has 0 spiro atoms. The van der Waals surface area contributed by atoms with Crippen LogP contribution in [0.2, 0.25) is 0 Å². The van der Waals surface area contributed by atoms with Gasteiger partial charge in [-0.3, -0.25) is 4.79 Å². The van der Waals surface area contributed by atoms with Gasteiger partial charge in [0, 0.05) is 56.9 Å². The smallest absolute Gasteiger partial charge is 0.224 e. The van der Waals surface area contributed by atoms with Crippen molar-refractivity contribution in [3.63, 3.8) is 0 Å². The van der Waals surface area contributed by atoms with Gasteiger partial charge in [-0.2, -0.15) is 4.37 Å². The minimum atomic E-state index is 0.180. The zero-order chi connectivity index (χ0) is 16.1. The van der Waals surface area contributed by atoms with Crippen LogP contribution in [0.3, 0.4) is 0 Å². The Hall–Kier alpha value is -2.22. The number of hydrogen-bond donors (Lipinski definition) is 1. The van der Waals surface area contributed by atoms with Gasteiger partial charge >= 0.3 is 0 Å². The highest BCUT2D eigenvalue weighted by Gasteiger charge is 2.21. The molecule has 0 atom stereocenters. The summed E-state index contributed by atoms with van der Waals surface area (Å²) >= 11 is 1.32. The van der Waals surface area contributed by atoms with Gasteiger partial charge in [0.1, 0.15) is 11.6 Å². The van der Waals surface area contributed by atoms with Crippen LogP contribution in [-0.2, 0) is 4.79 Å². The summed E-state index contributed by atoms with van der Waals surface area (Å²) in [4.78, 5) is 25.0. The van der Waals surface area contributed by atoms with Crippen LogP contribution in [0.5, 0.6) is 0 Å². The van der Waals surface area contributed by atoms with E-state index in [0.29, 0.717) is 13.0 Å². The molecule has 0 unspecified atom stereocenters. The average Bonchev–Trinajstić information content (AvgIpc) is 3.01. The molecule has 1 fully saturated rings. The second-order valence-corrected chi connectivity index (χ2v) is 6.13. The molecule has 7 nitrogen and oxygen atoms in total. The summed E-state index contributed by atoms with van der Waals surface area (Å²) in [6, 6.07) is 5.90. The number of nitrogens with zero attached hydrogens (tertiary/aromatic N) is 5. The number of hydrogen-bond acceptors (Lipinski definition) is 7. The van der Waals surface area contributed by atoms with Crippen molar-refractivity contribution in [2.45, 2.75) is 13.3 Å². The molecule has 0 aromatic carbocycles. The zero-order valence-electron chi connectivity index (χ0n) is 13.1. The first kappa shape index (κ1) is 15.7. The van der Waals surface area contributed by atoms with Crippen LogP contribution in [0, 0.1) is 6.92 Å². The molecular weight excluding hydrogens is 312 g/mol. The predicted molar refractivity (Wildman–Crippen MR) is 90.8 cm³/mol. The first-order valence-corrected chi connectivity index (χ1v) is 8.47. The van der Waals surface area contributed by atoms with Crippen molar-refractivity contribution in [1.29, 1.82) is 0 Å². The number of amides is 1. The summed E-state index contributed by atoms with van der Waals surface area (Å²) in [5.74, 6) is 1.92. The number of carbonyl (C=O) groups excluding carboxylic acids is 1. The third-order valence-electron chi connectivity index (χ3n) is 3.75. The Morgan fingerprint density at radius 3 is 2.78 bits per heavy atom. The summed E-state index contributed by atoms with van der Waals surface area (Å²) in [5.41, 5.74) is 0. The zero-order valence-corrected chi connectivity index (χ0v) is 13.9. The number of aromatic nitrogens is 3. The van der Waals surface area contributed by atoms with E-state index in [4.69, 9.17) is 0 Å². The third-order valence-corrected chi connectivity index (χ3v) is 4.51. The number of pyridine rings is 1. The van der Waals surface area contributed by atoms with Gasteiger partial charge in [-0.15, -0.1) is 0 Å². The Balaban J connectivity index is 1.41. The lowest BCUT2D eigenvalue weighted by atomic mass is 10.2. The van der Waals surface area contributed by atoms with Crippen molar-refractivity contribution < 1.29 is 4.79 Å². The standard InChI is InChI=1S/C15H20N6OS/c1-12-18-15(23-19-12)17-7-5-14(22)21-10-8-20(9-11-21)13-4-2-3-6-16-13/h2-4,6H,5,7-11H2,1H3,(H,17,18,19). The fourth-order valence-corrected chi connectivity index (χ4v) is 3.13. The second-order valence-electron chi connectivity index (χ2n) is 5.38. The van der Waals surface area contributed by atoms with Crippen LogP contribution in [0.25, 0.3) is 0 Å². The summed E-state index contributed by atoms with van der Waals surface area (Å²) < 4.78 is 4.10. The molecule has 1 saturated heterocycles. The fourth-order valence-electron chi connectivity index (χ4n) is 2.53. The lowest BCUT2D eigenvalue weighted by Crippen LogP contribution is -2.49. The molecule has 1 aliphatic heterocycles. The maximum absolute atomic E-state index is 12.3. The van der Waals surface area contributed by atoms with Crippen molar-refractivity contribution in [1.82, 2.24) is 19.2 Å². The second kappa shape index (κ2) is 7.36. The maximum Gasteiger partial charge on any atom is 0.224 e. The molecule has 122 valence electrons. The molecular formula is C15H20N6OS. The van der Waals surface area contributed by atoms with E-state index in [1.54, 1.807) is 6.20 Å². The van der Waals surface area contributed by atoms with E-state index in [1.165, 1.54) is 11.5 Å². The molecule has 1 aliphatic rings. The predicted octanol–water partition coefficient (Wildman–Crippen LogP) is 1.39. The van der Waals surface area contributed by atoms with Crippen LogP contribution in [0.4, 0.5) is 10.9 Å². The van der Waals surface area contributed by atoms with E-state index in [9.17, 15) is 4.79 Å². The number of piperazine rings is 1. The Morgan fingerprint density at radius 2 is 2.13 bits per heavy atom. The van der Waals surface area contributed by atoms with E-state index >= 15 is 0 Å². The van der Waals surface area contributed by atoms with E-state index in [2.05, 4.69) is 24.6 Å². The lowest BCUT2D eigenvalue weighted by Gasteiger charge is -2.35. The van der Waals surface area contributed by atoms with Gasteiger partial charge in [0.25, 0.3) is 0 Å². The molecule has 8 heteroatoms. The van der Waals surface area contributed by atoms with E-state index < -0.39 is 0 Å². The lowest BCUT2D eigenvalue weighted by molar-refractivity contribution is -0.131. The Bertz CT molecular complexity index is 638. The molecule has 2 aromatic rings. The van der Waals surface area contributed by atoms with Crippen LogP contribution >= 0.6 is 11.5 Å². The Kier molecular flexibility index (Phi) is 5.02. The highest BCUT2D eigenvalue weighted by atomic mass is 32.1. The van der Waals surface area contributed by atoms with Gasteiger partial charge in [-0.25, -0.2) is 9.97 Å². The van der Waals surface area contributed by atoms with Gasteiger partial charge in [0.15, 0.2) is 0 Å². The molecule has 1 N–H and O–H groups in total. The molecule has 23 heavy (non-hydrogen) atoms. The van der Waals surface area contributed by atoms with Crippen LogP contribution in [0.15, 0.2) is 24.4 Å². The number of anilines is 2. The minimum absolute atomic E-state index is 0.180. The van der Waals surface area contributed by atoms with E-state index in [0.717, 1.165) is 43.0 Å². The summed E-state index contributed by atoms with van der Waals surface area (Å²) in [6.45, 7) is 5.58. The van der Waals surface area contributed by atoms with Crippen LogP contribution < -0.4 is 10.2 Å². The van der Waals surface area contributed by atoms with Crippen molar-refractivity contribution in [3.05, 3.63) is 30.2 Å². The normalized spacial score (nSPS) is 14.8. The molecule has 0 aliphatic carbocycles. The van der Waals surface area contributed by atoms with Gasteiger partial charge < -0.3 is 15.1 Å². The summed E-state index contributed by atoms with van der Waals surface area (Å²) in [6.07, 6.45) is 2.27. The van der Waals surface area contributed by atoms with Crippen molar-refractivity contribution in [2.75, 3.05) is 42.9 Å². The first-order valence-electron chi connectivity index (χ1n) is 7.70. The molecule has 0 radical (unpaired) electrons. The first-order chi connectivity index (χ1) is 11.2. The number of carbonyl (C=O) groups is 1. The minimum Gasteiger partial charge on any atom is -0.360 e. The molecule has 3 heterocycles. The quantitative estimate of drug-likeness (QED) is 0.892. The largest absolute Gasteiger partial charge is 0.360 e. The fraction of sp³-hybridized carbons (Fsp3) is 0.467. The third kappa shape index (κ3) is 4.16. The molecule has 0 saturated carbocycles. The number of nitrogens with one attached hydrogen (secondary N) is 1. The molecule has 3 rings (SSSR count). The molecule has 1 amide bonds. The van der Waals surface area contributed by atoms with Crippen LogP contribution in [0.1, 0.15) is 12.2 Å². The van der Waals surface area contributed by atoms with Gasteiger partial charge in [0.2, 0.25) is 11.0 Å². The Labute approximate surface area is 139 Å².